The largest absolute Gasteiger partial charge is 0.458 e. The Balaban J connectivity index is 2.03. The first kappa shape index (κ1) is 14.6. The van der Waals surface area contributed by atoms with Crippen LogP contribution in [0.4, 0.5) is 5.69 Å². The smallest absolute Gasteiger partial charge is 0.270 e. The highest BCUT2D eigenvalue weighted by molar-refractivity contribution is 6.30. The van der Waals surface area contributed by atoms with Crippen LogP contribution in [-0.2, 0) is 4.74 Å². The topological polar surface area (TPSA) is 65.5 Å². The van der Waals surface area contributed by atoms with Crippen LogP contribution in [0.1, 0.15) is 17.4 Å². The maximum absolute atomic E-state index is 10.8. The molecule has 0 fully saturated rings. The molecule has 22 heavy (non-hydrogen) atoms. The normalized spacial score (nSPS) is 12.5. The standard InChI is InChI=1S/C16H12ClNO4/c1-21-16(10-2-4-12(17)5-3-10)15-9-11-8-13(18(19)20)6-7-14(11)22-15/h2-9,16H,1H3. The van der Waals surface area contributed by atoms with Gasteiger partial charge in [-0.05, 0) is 29.8 Å². The summed E-state index contributed by atoms with van der Waals surface area (Å²) in [5.41, 5.74) is 1.50. The molecule has 0 saturated carbocycles. The molecular formula is C16H12ClNO4. The van der Waals surface area contributed by atoms with Gasteiger partial charge < -0.3 is 9.15 Å². The Morgan fingerprint density at radius 3 is 2.55 bits per heavy atom. The van der Waals surface area contributed by atoms with Gasteiger partial charge in [0.25, 0.3) is 5.69 Å². The van der Waals surface area contributed by atoms with Crippen LogP contribution in [0, 0.1) is 10.1 Å². The van der Waals surface area contributed by atoms with E-state index in [9.17, 15) is 10.1 Å². The highest BCUT2D eigenvalue weighted by Crippen LogP contribution is 2.32. The number of furan rings is 1. The third-order valence-electron chi connectivity index (χ3n) is 3.40. The summed E-state index contributed by atoms with van der Waals surface area (Å²) < 4.78 is 11.3. The molecule has 0 bridgehead atoms. The Kier molecular flexibility index (Phi) is 3.83. The summed E-state index contributed by atoms with van der Waals surface area (Å²) in [5, 5.41) is 12.1. The summed E-state index contributed by atoms with van der Waals surface area (Å²) in [7, 11) is 1.58. The van der Waals surface area contributed by atoms with Crippen LogP contribution in [0.5, 0.6) is 0 Å². The van der Waals surface area contributed by atoms with E-state index in [1.807, 2.05) is 12.1 Å². The van der Waals surface area contributed by atoms with Crippen molar-refractivity contribution < 1.29 is 14.1 Å². The molecule has 1 unspecified atom stereocenters. The summed E-state index contributed by atoms with van der Waals surface area (Å²) in [5.74, 6) is 0.584. The fourth-order valence-electron chi connectivity index (χ4n) is 2.35. The van der Waals surface area contributed by atoms with Crippen molar-refractivity contribution in [1.29, 1.82) is 0 Å². The molecule has 3 aromatic rings. The molecule has 112 valence electrons. The number of hydrogen-bond acceptors (Lipinski definition) is 4. The van der Waals surface area contributed by atoms with Crippen LogP contribution in [0.3, 0.4) is 0 Å². The summed E-state index contributed by atoms with van der Waals surface area (Å²) in [6.45, 7) is 0. The number of nitrogens with zero attached hydrogens (tertiary/aromatic N) is 1. The zero-order valence-electron chi connectivity index (χ0n) is 11.7. The van der Waals surface area contributed by atoms with Crippen LogP contribution >= 0.6 is 11.6 Å². The molecule has 0 aliphatic heterocycles. The number of methoxy groups -OCH3 is 1. The molecule has 0 radical (unpaired) electrons. The average molecular weight is 318 g/mol. The first-order valence-electron chi connectivity index (χ1n) is 6.54. The van der Waals surface area contributed by atoms with Gasteiger partial charge in [-0.25, -0.2) is 0 Å². The Morgan fingerprint density at radius 2 is 1.91 bits per heavy atom. The number of hydrogen-bond donors (Lipinski definition) is 0. The average Bonchev–Trinajstić information content (AvgIpc) is 2.92. The highest BCUT2D eigenvalue weighted by Gasteiger charge is 2.19. The third kappa shape index (κ3) is 2.68. The highest BCUT2D eigenvalue weighted by atomic mass is 35.5. The second-order valence-electron chi connectivity index (χ2n) is 4.80. The molecule has 1 aromatic heterocycles. The van der Waals surface area contributed by atoms with Gasteiger partial charge in [-0.3, -0.25) is 10.1 Å². The van der Waals surface area contributed by atoms with Crippen LogP contribution in [0.2, 0.25) is 5.02 Å². The zero-order valence-corrected chi connectivity index (χ0v) is 12.4. The minimum atomic E-state index is -0.431. The Labute approximate surface area is 131 Å². The van der Waals surface area contributed by atoms with Gasteiger partial charge in [0.15, 0.2) is 0 Å². The molecule has 5 nitrogen and oxygen atoms in total. The van der Waals surface area contributed by atoms with Crippen LogP contribution in [-0.4, -0.2) is 12.0 Å². The fourth-order valence-corrected chi connectivity index (χ4v) is 2.47. The van der Waals surface area contributed by atoms with Crippen LogP contribution in [0.25, 0.3) is 11.0 Å². The number of non-ortho nitro benzene ring substituents is 1. The number of ether oxygens (including phenoxy) is 1. The van der Waals surface area contributed by atoms with Gasteiger partial charge in [-0.1, -0.05) is 23.7 Å². The molecule has 0 spiro atoms. The SMILES string of the molecule is COC(c1ccc(Cl)cc1)c1cc2cc([N+](=O)[O-])ccc2o1. The van der Waals surface area contributed by atoms with Crippen molar-refractivity contribution in [3.8, 4) is 0 Å². The van der Waals surface area contributed by atoms with Crippen molar-refractivity contribution in [3.05, 3.63) is 75.0 Å². The molecule has 2 aromatic carbocycles. The first-order valence-corrected chi connectivity index (χ1v) is 6.92. The number of halogens is 1. The molecule has 1 heterocycles. The van der Waals surface area contributed by atoms with Crippen molar-refractivity contribution >= 4 is 28.3 Å². The number of rotatable bonds is 4. The number of benzene rings is 2. The van der Waals surface area contributed by atoms with E-state index in [0.717, 1.165) is 5.56 Å². The lowest BCUT2D eigenvalue weighted by Gasteiger charge is -2.12. The molecule has 0 N–H and O–H groups in total. The number of fused-ring (bicyclic) bond motifs is 1. The van der Waals surface area contributed by atoms with Gasteiger partial charge in [0.05, 0.1) is 4.92 Å². The van der Waals surface area contributed by atoms with Gasteiger partial charge in [-0.2, -0.15) is 0 Å². The molecular weight excluding hydrogens is 306 g/mol. The lowest BCUT2D eigenvalue weighted by atomic mass is 10.1. The van der Waals surface area contributed by atoms with Crippen molar-refractivity contribution in [2.45, 2.75) is 6.10 Å². The van der Waals surface area contributed by atoms with Gasteiger partial charge >= 0.3 is 0 Å². The van der Waals surface area contributed by atoms with Crippen molar-refractivity contribution in [3.63, 3.8) is 0 Å². The summed E-state index contributed by atoms with van der Waals surface area (Å²) in [4.78, 5) is 10.4. The minimum Gasteiger partial charge on any atom is -0.458 e. The molecule has 0 aliphatic carbocycles. The quantitative estimate of drug-likeness (QED) is 0.515. The van der Waals surface area contributed by atoms with Crippen LogP contribution < -0.4 is 0 Å². The van der Waals surface area contributed by atoms with E-state index >= 15 is 0 Å². The maximum Gasteiger partial charge on any atom is 0.270 e. The van der Waals surface area contributed by atoms with Gasteiger partial charge in [-0.15, -0.1) is 0 Å². The minimum absolute atomic E-state index is 0.0281. The molecule has 6 heteroatoms. The lowest BCUT2D eigenvalue weighted by molar-refractivity contribution is -0.384. The monoisotopic (exact) mass is 317 g/mol. The maximum atomic E-state index is 10.8. The van der Waals surface area contributed by atoms with Crippen molar-refractivity contribution in [2.24, 2.45) is 0 Å². The van der Waals surface area contributed by atoms with E-state index in [1.165, 1.54) is 12.1 Å². The second kappa shape index (κ2) is 5.79. The number of nitro benzene ring substituents is 1. The van der Waals surface area contributed by atoms with Crippen LogP contribution in [0.15, 0.2) is 52.9 Å². The predicted octanol–water partition coefficient (Wildman–Crippen LogP) is 4.73. The Morgan fingerprint density at radius 1 is 1.18 bits per heavy atom. The zero-order chi connectivity index (χ0) is 15.7. The predicted molar refractivity (Wildman–Crippen MR) is 83.2 cm³/mol. The number of nitro groups is 1. The van der Waals surface area contributed by atoms with E-state index in [-0.39, 0.29) is 5.69 Å². The van der Waals surface area contributed by atoms with Gasteiger partial charge in [0.2, 0.25) is 0 Å². The van der Waals surface area contributed by atoms with E-state index in [1.54, 1.807) is 31.4 Å². The van der Waals surface area contributed by atoms with Crippen molar-refractivity contribution in [1.82, 2.24) is 0 Å². The van der Waals surface area contributed by atoms with E-state index in [2.05, 4.69) is 0 Å². The molecule has 3 rings (SSSR count). The summed E-state index contributed by atoms with van der Waals surface area (Å²) in [6.07, 6.45) is -0.399. The van der Waals surface area contributed by atoms with E-state index < -0.39 is 11.0 Å². The lowest BCUT2D eigenvalue weighted by Crippen LogP contribution is -2.01. The van der Waals surface area contributed by atoms with Gasteiger partial charge in [0.1, 0.15) is 17.4 Å². The van der Waals surface area contributed by atoms with Gasteiger partial charge in [0, 0.05) is 29.7 Å². The molecule has 1 atom stereocenters. The Bertz CT molecular complexity index is 826. The fraction of sp³-hybridized carbons (Fsp3) is 0.125. The Hall–Kier alpha value is -2.37. The first-order chi connectivity index (χ1) is 10.6. The summed E-state index contributed by atoms with van der Waals surface area (Å²) >= 11 is 5.89. The molecule has 0 aliphatic rings. The van der Waals surface area contributed by atoms with Crippen molar-refractivity contribution in [2.75, 3.05) is 7.11 Å². The summed E-state index contributed by atoms with van der Waals surface area (Å²) in [6, 6.07) is 13.5. The van der Waals surface area contributed by atoms with E-state index in [4.69, 9.17) is 20.8 Å². The third-order valence-corrected chi connectivity index (χ3v) is 3.65. The molecule has 0 saturated heterocycles. The molecule has 0 amide bonds. The second-order valence-corrected chi connectivity index (χ2v) is 5.23. The van der Waals surface area contributed by atoms with E-state index in [0.29, 0.717) is 21.8 Å².